The summed E-state index contributed by atoms with van der Waals surface area (Å²) in [5.41, 5.74) is 5.56. The molecule has 2 N–H and O–H groups in total. The Morgan fingerprint density at radius 3 is 2.62 bits per heavy atom. The molecule has 0 saturated heterocycles. The predicted octanol–water partition coefficient (Wildman–Crippen LogP) is 2.94. The molecule has 0 radical (unpaired) electrons. The van der Waals surface area contributed by atoms with Crippen molar-refractivity contribution in [2.45, 2.75) is 24.9 Å². The Morgan fingerprint density at radius 1 is 1.44 bits per heavy atom. The molecule has 0 amide bonds. The quantitative estimate of drug-likeness (QED) is 0.829. The summed E-state index contributed by atoms with van der Waals surface area (Å²) < 4.78 is 37.6. The first-order chi connectivity index (χ1) is 7.38. The third-order valence-corrected chi connectivity index (χ3v) is 3.55. The maximum Gasteiger partial charge on any atom is 0.416 e. The fourth-order valence-corrected chi connectivity index (χ4v) is 2.20. The van der Waals surface area contributed by atoms with Crippen LogP contribution < -0.4 is 5.73 Å². The lowest BCUT2D eigenvalue weighted by molar-refractivity contribution is -0.137. The molecule has 2 atom stereocenters. The van der Waals surface area contributed by atoms with Crippen LogP contribution in [0.2, 0.25) is 0 Å². The second-order valence-electron chi connectivity index (χ2n) is 4.63. The van der Waals surface area contributed by atoms with Gasteiger partial charge in [-0.15, -0.1) is 0 Å². The first-order valence-electron chi connectivity index (χ1n) is 5.26. The van der Waals surface area contributed by atoms with Gasteiger partial charge in [0.1, 0.15) is 0 Å². The number of nitrogens with two attached hydrogens (primary N) is 1. The third-order valence-electron chi connectivity index (χ3n) is 3.55. The Hall–Kier alpha value is -1.03. The number of benzene rings is 1. The van der Waals surface area contributed by atoms with Gasteiger partial charge in [0.2, 0.25) is 0 Å². The van der Waals surface area contributed by atoms with Crippen molar-refractivity contribution in [1.29, 1.82) is 0 Å². The molecule has 0 spiro atoms. The summed E-state index contributed by atoms with van der Waals surface area (Å²) in [5, 5.41) is 0. The van der Waals surface area contributed by atoms with Crippen molar-refractivity contribution in [2.24, 2.45) is 11.7 Å². The third kappa shape index (κ3) is 1.82. The zero-order valence-electron chi connectivity index (χ0n) is 9.01. The summed E-state index contributed by atoms with van der Waals surface area (Å²) in [7, 11) is 0. The standard InChI is InChI=1S/C12H14F3N/c1-11(6-10(11)7-16)8-3-2-4-9(5-8)12(13,14)15/h2-5,10H,6-7,16H2,1H3/t10-,11?/m0/s1. The molecule has 4 heteroatoms. The molecule has 1 aliphatic rings. The molecule has 1 aromatic rings. The van der Waals surface area contributed by atoms with Crippen LogP contribution in [0.3, 0.4) is 0 Å². The van der Waals surface area contributed by atoms with Crippen molar-refractivity contribution in [2.75, 3.05) is 6.54 Å². The minimum atomic E-state index is -4.26. The second-order valence-corrected chi connectivity index (χ2v) is 4.63. The van der Waals surface area contributed by atoms with E-state index >= 15 is 0 Å². The van der Waals surface area contributed by atoms with Gasteiger partial charge < -0.3 is 5.73 Å². The summed E-state index contributed by atoms with van der Waals surface area (Å²) in [6.45, 7) is 2.51. The zero-order valence-corrected chi connectivity index (χ0v) is 9.01. The fraction of sp³-hybridized carbons (Fsp3) is 0.500. The lowest BCUT2D eigenvalue weighted by Gasteiger charge is -2.14. The highest BCUT2D eigenvalue weighted by molar-refractivity contribution is 5.36. The monoisotopic (exact) mass is 229 g/mol. The molecular formula is C12H14F3N. The number of halogens is 3. The van der Waals surface area contributed by atoms with Gasteiger partial charge in [-0.25, -0.2) is 0 Å². The van der Waals surface area contributed by atoms with E-state index in [2.05, 4.69) is 0 Å². The topological polar surface area (TPSA) is 26.0 Å². The molecule has 16 heavy (non-hydrogen) atoms. The van der Waals surface area contributed by atoms with Crippen LogP contribution in [0.5, 0.6) is 0 Å². The maximum absolute atomic E-state index is 12.5. The van der Waals surface area contributed by atoms with Crippen molar-refractivity contribution in [3.8, 4) is 0 Å². The summed E-state index contributed by atoms with van der Waals surface area (Å²) in [6, 6.07) is 5.57. The highest BCUT2D eigenvalue weighted by Gasteiger charge is 2.50. The van der Waals surface area contributed by atoms with Crippen molar-refractivity contribution < 1.29 is 13.2 Å². The van der Waals surface area contributed by atoms with E-state index < -0.39 is 11.7 Å². The zero-order chi connectivity index (χ0) is 12.0. The summed E-state index contributed by atoms with van der Waals surface area (Å²) in [6.07, 6.45) is -3.38. The molecule has 1 nitrogen and oxygen atoms in total. The number of hydrogen-bond acceptors (Lipinski definition) is 1. The van der Waals surface area contributed by atoms with Gasteiger partial charge in [-0.1, -0.05) is 25.1 Å². The Balaban J connectivity index is 2.31. The SMILES string of the molecule is CC1(c2cccc(C(F)(F)F)c2)C[C@H]1CN. The second kappa shape index (κ2) is 3.48. The van der Waals surface area contributed by atoms with Gasteiger partial charge in [-0.3, -0.25) is 0 Å². The van der Waals surface area contributed by atoms with Gasteiger partial charge in [0.25, 0.3) is 0 Å². The molecule has 1 saturated carbocycles. The van der Waals surface area contributed by atoms with E-state index in [1.807, 2.05) is 6.92 Å². The van der Waals surface area contributed by atoms with Gasteiger partial charge >= 0.3 is 6.18 Å². The first-order valence-corrected chi connectivity index (χ1v) is 5.26. The van der Waals surface area contributed by atoms with Crippen LogP contribution in [0.15, 0.2) is 24.3 Å². The summed E-state index contributed by atoms with van der Waals surface area (Å²) >= 11 is 0. The average Bonchev–Trinajstić information content (AvgIpc) is 2.90. The minimum absolute atomic E-state index is 0.157. The smallest absolute Gasteiger partial charge is 0.330 e. The molecule has 0 aliphatic heterocycles. The Labute approximate surface area is 92.5 Å². The number of hydrogen-bond donors (Lipinski definition) is 1. The van der Waals surface area contributed by atoms with Crippen LogP contribution in [0.25, 0.3) is 0 Å². The van der Waals surface area contributed by atoms with E-state index in [1.54, 1.807) is 6.07 Å². The van der Waals surface area contributed by atoms with Crippen LogP contribution >= 0.6 is 0 Å². The molecule has 1 unspecified atom stereocenters. The van der Waals surface area contributed by atoms with Gasteiger partial charge in [0.05, 0.1) is 5.56 Å². The van der Waals surface area contributed by atoms with Crippen molar-refractivity contribution >= 4 is 0 Å². The van der Waals surface area contributed by atoms with E-state index in [0.717, 1.165) is 18.1 Å². The highest BCUT2D eigenvalue weighted by atomic mass is 19.4. The highest BCUT2D eigenvalue weighted by Crippen LogP contribution is 2.53. The van der Waals surface area contributed by atoms with Crippen LogP contribution in [-0.2, 0) is 11.6 Å². The molecular weight excluding hydrogens is 215 g/mol. The average molecular weight is 229 g/mol. The normalized spacial score (nSPS) is 29.2. The van der Waals surface area contributed by atoms with Crippen molar-refractivity contribution in [3.05, 3.63) is 35.4 Å². The van der Waals surface area contributed by atoms with E-state index in [-0.39, 0.29) is 5.41 Å². The van der Waals surface area contributed by atoms with Crippen LogP contribution in [0.4, 0.5) is 13.2 Å². The lowest BCUT2D eigenvalue weighted by atomic mass is 9.94. The van der Waals surface area contributed by atoms with E-state index in [1.165, 1.54) is 12.1 Å². The molecule has 2 rings (SSSR count). The first kappa shape index (κ1) is 11.5. The van der Waals surface area contributed by atoms with Crippen LogP contribution in [-0.4, -0.2) is 6.54 Å². The number of rotatable bonds is 2. The predicted molar refractivity (Wildman–Crippen MR) is 56.0 cm³/mol. The molecule has 1 fully saturated rings. The maximum atomic E-state index is 12.5. The van der Waals surface area contributed by atoms with Gasteiger partial charge in [-0.2, -0.15) is 13.2 Å². The fourth-order valence-electron chi connectivity index (χ4n) is 2.20. The molecule has 1 aromatic carbocycles. The molecule has 0 bridgehead atoms. The molecule has 0 aromatic heterocycles. The van der Waals surface area contributed by atoms with E-state index in [0.29, 0.717) is 12.5 Å². The van der Waals surface area contributed by atoms with Crippen molar-refractivity contribution in [3.63, 3.8) is 0 Å². The molecule has 0 heterocycles. The molecule has 1 aliphatic carbocycles. The summed E-state index contributed by atoms with van der Waals surface area (Å²) in [4.78, 5) is 0. The van der Waals surface area contributed by atoms with Crippen molar-refractivity contribution in [1.82, 2.24) is 0 Å². The summed E-state index contributed by atoms with van der Waals surface area (Å²) in [5.74, 6) is 0.316. The van der Waals surface area contributed by atoms with Crippen LogP contribution in [0.1, 0.15) is 24.5 Å². The van der Waals surface area contributed by atoms with E-state index in [9.17, 15) is 13.2 Å². The lowest BCUT2D eigenvalue weighted by Crippen LogP contribution is -2.13. The van der Waals surface area contributed by atoms with Gasteiger partial charge in [0, 0.05) is 0 Å². The number of alkyl halides is 3. The Kier molecular flexibility index (Phi) is 2.49. The van der Waals surface area contributed by atoms with Crippen LogP contribution in [0, 0.1) is 5.92 Å². The Bertz CT molecular complexity index is 399. The van der Waals surface area contributed by atoms with E-state index in [4.69, 9.17) is 5.73 Å². The minimum Gasteiger partial charge on any atom is -0.330 e. The Morgan fingerprint density at radius 2 is 2.12 bits per heavy atom. The molecule has 88 valence electrons. The van der Waals surface area contributed by atoms with Gasteiger partial charge in [0.15, 0.2) is 0 Å². The largest absolute Gasteiger partial charge is 0.416 e. The van der Waals surface area contributed by atoms with Gasteiger partial charge in [-0.05, 0) is 35.9 Å².